The molecule has 0 amide bonds. The molecule has 2 heterocycles. The molecule has 0 atom stereocenters. The van der Waals surface area contributed by atoms with Crippen molar-refractivity contribution in [2.24, 2.45) is 0 Å². The van der Waals surface area contributed by atoms with Crippen molar-refractivity contribution in [3.05, 3.63) is 18.0 Å². The van der Waals surface area contributed by atoms with Gasteiger partial charge >= 0.3 is 0 Å². The van der Waals surface area contributed by atoms with Crippen LogP contribution in [-0.2, 0) is 6.54 Å². The number of aryl methyl sites for hydroxylation is 1. The van der Waals surface area contributed by atoms with E-state index in [2.05, 4.69) is 40.8 Å². The fourth-order valence-electron chi connectivity index (χ4n) is 2.27. The van der Waals surface area contributed by atoms with Crippen LogP contribution in [-0.4, -0.2) is 34.3 Å². The maximum atomic E-state index is 4.57. The van der Waals surface area contributed by atoms with Gasteiger partial charge in [-0.15, -0.1) is 0 Å². The summed E-state index contributed by atoms with van der Waals surface area (Å²) in [6.07, 6.45) is 6.11. The first-order chi connectivity index (χ1) is 7.75. The molecular weight excluding hydrogens is 198 g/mol. The summed E-state index contributed by atoms with van der Waals surface area (Å²) in [6.45, 7) is 9.28. The van der Waals surface area contributed by atoms with E-state index in [0.29, 0.717) is 5.92 Å². The van der Waals surface area contributed by atoms with E-state index >= 15 is 0 Å². The third-order valence-electron chi connectivity index (χ3n) is 3.31. The molecule has 0 aliphatic carbocycles. The van der Waals surface area contributed by atoms with E-state index in [-0.39, 0.29) is 0 Å². The molecule has 0 aromatic carbocycles. The molecule has 1 aromatic rings. The van der Waals surface area contributed by atoms with Crippen LogP contribution in [0.1, 0.15) is 44.7 Å². The first kappa shape index (κ1) is 11.6. The van der Waals surface area contributed by atoms with Crippen LogP contribution in [0.15, 0.2) is 12.3 Å². The molecule has 0 N–H and O–H groups in total. The highest BCUT2D eigenvalue weighted by atomic mass is 15.3. The van der Waals surface area contributed by atoms with Crippen molar-refractivity contribution >= 4 is 0 Å². The summed E-state index contributed by atoms with van der Waals surface area (Å²) in [6, 6.07) is 2.14. The zero-order chi connectivity index (χ0) is 11.4. The lowest BCUT2D eigenvalue weighted by atomic mass is 10.1. The predicted octanol–water partition coefficient (Wildman–Crippen LogP) is 2.49. The highest BCUT2D eigenvalue weighted by Crippen LogP contribution is 2.11. The molecule has 16 heavy (non-hydrogen) atoms. The molecule has 0 spiro atoms. The Bertz CT molecular complexity index is 311. The topological polar surface area (TPSA) is 21.1 Å². The summed E-state index contributed by atoms with van der Waals surface area (Å²) < 4.78 is 2.09. The first-order valence-corrected chi connectivity index (χ1v) is 6.51. The smallest absolute Gasteiger partial charge is 0.0649 e. The van der Waals surface area contributed by atoms with E-state index in [9.17, 15) is 0 Å². The number of hydrogen-bond acceptors (Lipinski definition) is 2. The zero-order valence-corrected chi connectivity index (χ0v) is 10.5. The van der Waals surface area contributed by atoms with Crippen molar-refractivity contribution < 1.29 is 0 Å². The molecule has 0 saturated carbocycles. The molecule has 0 unspecified atom stereocenters. The fraction of sp³-hybridized carbons (Fsp3) is 0.769. The van der Waals surface area contributed by atoms with Gasteiger partial charge in [0.2, 0.25) is 0 Å². The van der Waals surface area contributed by atoms with E-state index < -0.39 is 0 Å². The maximum absolute atomic E-state index is 4.57. The average Bonchev–Trinajstić information content (AvgIpc) is 2.87. The second-order valence-electron chi connectivity index (χ2n) is 5.06. The summed E-state index contributed by atoms with van der Waals surface area (Å²) in [7, 11) is 0. The number of likely N-dealkylation sites (tertiary alicyclic amines) is 1. The van der Waals surface area contributed by atoms with Crippen molar-refractivity contribution in [2.45, 2.75) is 45.6 Å². The molecule has 1 aromatic heterocycles. The minimum atomic E-state index is 0.542. The number of nitrogens with zero attached hydrogens (tertiary/aromatic N) is 3. The molecule has 0 bridgehead atoms. The quantitative estimate of drug-likeness (QED) is 0.761. The van der Waals surface area contributed by atoms with Crippen LogP contribution >= 0.6 is 0 Å². The third kappa shape index (κ3) is 3.08. The Morgan fingerprint density at radius 2 is 2.00 bits per heavy atom. The van der Waals surface area contributed by atoms with Gasteiger partial charge in [-0.2, -0.15) is 5.10 Å². The summed E-state index contributed by atoms with van der Waals surface area (Å²) >= 11 is 0. The van der Waals surface area contributed by atoms with Crippen LogP contribution in [0.5, 0.6) is 0 Å². The summed E-state index contributed by atoms with van der Waals surface area (Å²) in [5, 5.41) is 4.57. The van der Waals surface area contributed by atoms with Crippen LogP contribution in [0.3, 0.4) is 0 Å². The van der Waals surface area contributed by atoms with E-state index in [1.54, 1.807) is 0 Å². The van der Waals surface area contributed by atoms with Gasteiger partial charge in [0, 0.05) is 12.7 Å². The monoisotopic (exact) mass is 221 g/mol. The van der Waals surface area contributed by atoms with Crippen LogP contribution in [0.4, 0.5) is 0 Å². The Morgan fingerprint density at radius 3 is 2.62 bits per heavy atom. The minimum absolute atomic E-state index is 0.542. The van der Waals surface area contributed by atoms with E-state index in [1.807, 2.05) is 0 Å². The number of aromatic nitrogens is 2. The Kier molecular flexibility index (Phi) is 3.99. The van der Waals surface area contributed by atoms with Crippen molar-refractivity contribution in [1.82, 2.24) is 14.7 Å². The number of hydrogen-bond donors (Lipinski definition) is 0. The lowest BCUT2D eigenvalue weighted by molar-refractivity contribution is 0.322. The molecule has 1 fully saturated rings. The van der Waals surface area contributed by atoms with Crippen molar-refractivity contribution in [3.63, 3.8) is 0 Å². The van der Waals surface area contributed by atoms with Crippen molar-refractivity contribution in [1.29, 1.82) is 0 Å². The third-order valence-corrected chi connectivity index (χ3v) is 3.31. The second-order valence-corrected chi connectivity index (χ2v) is 5.06. The van der Waals surface area contributed by atoms with Gasteiger partial charge < -0.3 is 4.90 Å². The highest BCUT2D eigenvalue weighted by molar-refractivity contribution is 5.03. The van der Waals surface area contributed by atoms with Gasteiger partial charge in [-0.3, -0.25) is 4.68 Å². The van der Waals surface area contributed by atoms with Crippen molar-refractivity contribution in [2.75, 3.05) is 19.6 Å². The summed E-state index contributed by atoms with van der Waals surface area (Å²) in [5.41, 5.74) is 1.21. The molecule has 3 nitrogen and oxygen atoms in total. The predicted molar refractivity (Wildman–Crippen MR) is 66.6 cm³/mol. The Morgan fingerprint density at radius 1 is 1.25 bits per heavy atom. The minimum Gasteiger partial charge on any atom is -0.303 e. The Balaban J connectivity index is 1.72. The maximum Gasteiger partial charge on any atom is 0.0649 e. The lowest BCUT2D eigenvalue weighted by Crippen LogP contribution is -2.21. The first-order valence-electron chi connectivity index (χ1n) is 6.51. The van der Waals surface area contributed by atoms with Crippen LogP contribution < -0.4 is 0 Å². The average molecular weight is 221 g/mol. The van der Waals surface area contributed by atoms with E-state index in [1.165, 1.54) is 44.6 Å². The van der Waals surface area contributed by atoms with Gasteiger partial charge in [-0.25, -0.2) is 0 Å². The van der Waals surface area contributed by atoms with Crippen molar-refractivity contribution in [3.8, 4) is 0 Å². The fourth-order valence-corrected chi connectivity index (χ4v) is 2.27. The number of rotatable bonds is 5. The molecule has 90 valence electrons. The summed E-state index contributed by atoms with van der Waals surface area (Å²) in [5.74, 6) is 0.542. The van der Waals surface area contributed by atoms with Crippen LogP contribution in [0.2, 0.25) is 0 Å². The molecule has 3 heteroatoms. The standard InChI is InChI=1S/C13H23N3/c1-12(2)13-6-11-16(14-13)10-5-9-15-7-3-4-8-15/h6,11-12H,3-5,7-10H2,1-2H3. The lowest BCUT2D eigenvalue weighted by Gasteiger charge is -2.13. The van der Waals surface area contributed by atoms with Crippen LogP contribution in [0.25, 0.3) is 0 Å². The Labute approximate surface area is 98.4 Å². The highest BCUT2D eigenvalue weighted by Gasteiger charge is 2.10. The normalized spacial score (nSPS) is 17.4. The SMILES string of the molecule is CC(C)c1ccn(CCCN2CCCC2)n1. The largest absolute Gasteiger partial charge is 0.303 e. The van der Waals surface area contributed by atoms with Gasteiger partial charge in [0.25, 0.3) is 0 Å². The van der Waals surface area contributed by atoms with E-state index in [0.717, 1.165) is 6.54 Å². The second kappa shape index (κ2) is 5.48. The molecule has 1 aliphatic heterocycles. The molecule has 1 aliphatic rings. The summed E-state index contributed by atoms with van der Waals surface area (Å²) in [4.78, 5) is 2.56. The van der Waals surface area contributed by atoms with Gasteiger partial charge in [-0.05, 0) is 50.9 Å². The van der Waals surface area contributed by atoms with Gasteiger partial charge in [0.05, 0.1) is 5.69 Å². The zero-order valence-electron chi connectivity index (χ0n) is 10.5. The van der Waals surface area contributed by atoms with Gasteiger partial charge in [0.1, 0.15) is 0 Å². The van der Waals surface area contributed by atoms with Crippen LogP contribution in [0, 0.1) is 0 Å². The molecule has 0 radical (unpaired) electrons. The van der Waals surface area contributed by atoms with E-state index in [4.69, 9.17) is 0 Å². The van der Waals surface area contributed by atoms with Gasteiger partial charge in [0.15, 0.2) is 0 Å². The Hall–Kier alpha value is -0.830. The molecular formula is C13H23N3. The van der Waals surface area contributed by atoms with Gasteiger partial charge in [-0.1, -0.05) is 13.8 Å². The molecule has 1 saturated heterocycles. The molecule has 2 rings (SSSR count).